The molecule has 0 fully saturated rings. The number of carbonyl (C=O) groups excluding carboxylic acids is 1. The molecule has 1 amide bonds. The van der Waals surface area contributed by atoms with E-state index in [2.05, 4.69) is 0 Å². The van der Waals surface area contributed by atoms with Gasteiger partial charge in [-0.15, -0.1) is 0 Å². The molecule has 0 N–H and O–H groups in total. The molecule has 7 heteroatoms. The fourth-order valence-electron chi connectivity index (χ4n) is 3.03. The van der Waals surface area contributed by atoms with Crippen LogP contribution in [0.3, 0.4) is 0 Å². The van der Waals surface area contributed by atoms with Gasteiger partial charge in [0.1, 0.15) is 6.61 Å². The normalized spacial score (nSPS) is 18.2. The second-order valence-electron chi connectivity index (χ2n) is 5.67. The van der Waals surface area contributed by atoms with Crippen molar-refractivity contribution in [2.75, 3.05) is 18.1 Å². The molecule has 2 aliphatic rings. The number of para-hydroxylation sites is 2. The number of hydrogen-bond acceptors (Lipinski definition) is 5. The maximum absolute atomic E-state index is 12.8. The smallest absolute Gasteiger partial charge is 0.271 e. The fourth-order valence-corrected chi connectivity index (χ4v) is 3.03. The molecule has 4 rings (SSSR count). The summed E-state index contributed by atoms with van der Waals surface area (Å²) in [7, 11) is 0. The minimum absolute atomic E-state index is 0.0281. The van der Waals surface area contributed by atoms with Crippen molar-refractivity contribution in [1.29, 1.82) is 0 Å². The number of rotatable bonds is 2. The molecule has 2 aromatic carbocycles. The van der Waals surface area contributed by atoms with Gasteiger partial charge in [-0.3, -0.25) is 14.9 Å². The van der Waals surface area contributed by atoms with Crippen molar-refractivity contribution in [2.45, 2.75) is 12.5 Å². The van der Waals surface area contributed by atoms with Crippen molar-refractivity contribution in [2.24, 2.45) is 0 Å². The summed E-state index contributed by atoms with van der Waals surface area (Å²) in [6.07, 6.45) is -0.0893. The lowest BCUT2D eigenvalue weighted by atomic mass is 10.1. The number of carbonyl (C=O) groups is 1. The molecule has 1 atom stereocenters. The molecule has 2 aromatic rings. The van der Waals surface area contributed by atoms with Crippen LogP contribution in [0.25, 0.3) is 0 Å². The predicted octanol–water partition coefficient (Wildman–Crippen LogP) is 2.32. The third kappa shape index (κ3) is 2.34. The number of nitrogens with zero attached hydrogens (tertiary/aromatic N) is 2. The van der Waals surface area contributed by atoms with Gasteiger partial charge in [0.2, 0.25) is 6.10 Å². The topological polar surface area (TPSA) is 81.9 Å². The molecule has 2 heterocycles. The Morgan fingerprint density at radius 3 is 2.79 bits per heavy atom. The summed E-state index contributed by atoms with van der Waals surface area (Å²) in [4.78, 5) is 24.9. The van der Waals surface area contributed by atoms with E-state index in [0.717, 1.165) is 5.56 Å². The molecule has 0 saturated heterocycles. The molecular formula is C17H14N2O5. The molecule has 0 aromatic heterocycles. The van der Waals surface area contributed by atoms with Crippen LogP contribution in [0.15, 0.2) is 42.5 Å². The van der Waals surface area contributed by atoms with Gasteiger partial charge in [-0.25, -0.2) is 0 Å². The summed E-state index contributed by atoms with van der Waals surface area (Å²) in [5.74, 6) is 0.892. The van der Waals surface area contributed by atoms with Gasteiger partial charge in [0.15, 0.2) is 11.5 Å². The second kappa shape index (κ2) is 5.52. The first kappa shape index (κ1) is 14.5. The summed E-state index contributed by atoms with van der Waals surface area (Å²) < 4.78 is 11.3. The summed E-state index contributed by atoms with van der Waals surface area (Å²) >= 11 is 0. The van der Waals surface area contributed by atoms with E-state index in [9.17, 15) is 14.9 Å². The van der Waals surface area contributed by atoms with Crippen molar-refractivity contribution in [3.05, 3.63) is 58.1 Å². The van der Waals surface area contributed by atoms with Gasteiger partial charge >= 0.3 is 0 Å². The van der Waals surface area contributed by atoms with Crippen LogP contribution in [-0.4, -0.2) is 30.1 Å². The summed E-state index contributed by atoms with van der Waals surface area (Å²) in [5, 5.41) is 11.0. The highest BCUT2D eigenvalue weighted by atomic mass is 16.6. The number of hydrogen-bond donors (Lipinski definition) is 0. The number of non-ortho nitro benzene ring substituents is 1. The number of benzene rings is 2. The molecule has 0 radical (unpaired) electrons. The van der Waals surface area contributed by atoms with Gasteiger partial charge in [-0.2, -0.15) is 0 Å². The van der Waals surface area contributed by atoms with E-state index in [1.165, 1.54) is 12.1 Å². The second-order valence-corrected chi connectivity index (χ2v) is 5.67. The largest absolute Gasteiger partial charge is 0.485 e. The molecule has 2 aliphatic heterocycles. The number of anilines is 1. The molecule has 0 spiro atoms. The molecule has 24 heavy (non-hydrogen) atoms. The van der Waals surface area contributed by atoms with Crippen LogP contribution in [-0.2, 0) is 11.2 Å². The Hall–Kier alpha value is -3.09. The quantitative estimate of drug-likeness (QED) is 0.625. The van der Waals surface area contributed by atoms with Crippen LogP contribution in [0.5, 0.6) is 11.5 Å². The monoisotopic (exact) mass is 326 g/mol. The Labute approximate surface area is 137 Å². The lowest BCUT2D eigenvalue weighted by Gasteiger charge is -2.28. The molecule has 122 valence electrons. The average Bonchev–Trinajstić information content (AvgIpc) is 3.03. The summed E-state index contributed by atoms with van der Waals surface area (Å²) in [6, 6.07) is 11.8. The molecular weight excluding hydrogens is 312 g/mol. The van der Waals surface area contributed by atoms with Crippen LogP contribution >= 0.6 is 0 Å². The standard InChI is InChI=1S/C17H14N2O5/c20-17(16-10-23-14-3-1-2-4-15(14)24-16)18-8-7-11-5-6-12(19(21)22)9-13(11)18/h1-6,9,16H,7-8,10H2/t16-/m0/s1. The van der Waals surface area contributed by atoms with Crippen molar-refractivity contribution >= 4 is 17.3 Å². The number of ether oxygens (including phenoxy) is 2. The zero-order valence-electron chi connectivity index (χ0n) is 12.7. The van der Waals surface area contributed by atoms with Crippen LogP contribution in [0.2, 0.25) is 0 Å². The minimum atomic E-state index is -0.759. The van der Waals surface area contributed by atoms with Gasteiger partial charge in [-0.1, -0.05) is 18.2 Å². The van der Waals surface area contributed by atoms with Gasteiger partial charge in [0, 0.05) is 18.7 Å². The number of amides is 1. The lowest BCUT2D eigenvalue weighted by Crippen LogP contribution is -2.46. The van der Waals surface area contributed by atoms with Crippen molar-refractivity contribution < 1.29 is 19.2 Å². The SMILES string of the molecule is O=C([C@@H]1COc2ccccc2O1)N1CCc2ccc([N+](=O)[O-])cc21. The third-order valence-electron chi connectivity index (χ3n) is 4.23. The van der Waals surface area contributed by atoms with Gasteiger partial charge in [-0.05, 0) is 24.1 Å². The highest BCUT2D eigenvalue weighted by Crippen LogP contribution is 2.35. The zero-order valence-corrected chi connectivity index (χ0v) is 12.7. The fraction of sp³-hybridized carbons (Fsp3) is 0.235. The summed E-state index contributed by atoms with van der Waals surface area (Å²) in [5.41, 5.74) is 1.47. The molecule has 0 bridgehead atoms. The van der Waals surface area contributed by atoms with E-state index >= 15 is 0 Å². The first-order chi connectivity index (χ1) is 11.6. The van der Waals surface area contributed by atoms with Crippen LogP contribution in [0.4, 0.5) is 11.4 Å². The Bertz CT molecular complexity index is 835. The van der Waals surface area contributed by atoms with E-state index in [-0.39, 0.29) is 18.2 Å². The minimum Gasteiger partial charge on any atom is -0.485 e. The summed E-state index contributed by atoms with van der Waals surface area (Å²) in [6.45, 7) is 0.605. The van der Waals surface area contributed by atoms with Crippen LogP contribution < -0.4 is 14.4 Å². The van der Waals surface area contributed by atoms with E-state index in [4.69, 9.17) is 9.47 Å². The number of nitro groups is 1. The molecule has 0 unspecified atom stereocenters. The Morgan fingerprint density at radius 1 is 1.21 bits per heavy atom. The maximum Gasteiger partial charge on any atom is 0.271 e. The van der Waals surface area contributed by atoms with Gasteiger partial charge in [0.05, 0.1) is 10.6 Å². The molecule has 0 saturated carbocycles. The first-order valence-corrected chi connectivity index (χ1v) is 7.60. The van der Waals surface area contributed by atoms with Crippen molar-refractivity contribution in [3.63, 3.8) is 0 Å². The Kier molecular flexibility index (Phi) is 3.34. The maximum atomic E-state index is 12.8. The third-order valence-corrected chi connectivity index (χ3v) is 4.23. The number of nitro benzene ring substituents is 1. The van der Waals surface area contributed by atoms with E-state index < -0.39 is 11.0 Å². The Balaban J connectivity index is 1.59. The number of fused-ring (bicyclic) bond motifs is 2. The van der Waals surface area contributed by atoms with E-state index in [0.29, 0.717) is 30.2 Å². The van der Waals surface area contributed by atoms with E-state index in [1.54, 1.807) is 23.1 Å². The molecule has 7 nitrogen and oxygen atoms in total. The molecule has 0 aliphatic carbocycles. The van der Waals surface area contributed by atoms with Crippen LogP contribution in [0, 0.1) is 10.1 Å². The Morgan fingerprint density at radius 2 is 2.00 bits per heavy atom. The average molecular weight is 326 g/mol. The van der Waals surface area contributed by atoms with Crippen molar-refractivity contribution in [3.8, 4) is 11.5 Å². The predicted molar refractivity (Wildman–Crippen MR) is 85.5 cm³/mol. The highest BCUT2D eigenvalue weighted by molar-refractivity contribution is 5.99. The van der Waals surface area contributed by atoms with Gasteiger partial charge in [0.25, 0.3) is 11.6 Å². The van der Waals surface area contributed by atoms with Crippen LogP contribution in [0.1, 0.15) is 5.56 Å². The van der Waals surface area contributed by atoms with Crippen molar-refractivity contribution in [1.82, 2.24) is 0 Å². The first-order valence-electron chi connectivity index (χ1n) is 7.60. The highest BCUT2D eigenvalue weighted by Gasteiger charge is 2.35. The van der Waals surface area contributed by atoms with E-state index in [1.807, 2.05) is 12.1 Å². The van der Waals surface area contributed by atoms with Gasteiger partial charge < -0.3 is 14.4 Å². The zero-order chi connectivity index (χ0) is 16.7. The lowest BCUT2D eigenvalue weighted by molar-refractivity contribution is -0.384.